The van der Waals surface area contributed by atoms with E-state index in [2.05, 4.69) is 21.0 Å². The van der Waals surface area contributed by atoms with Crippen LogP contribution in [0.5, 0.6) is 5.75 Å². The Labute approximate surface area is 143 Å². The topological polar surface area (TPSA) is 89.7 Å². The summed E-state index contributed by atoms with van der Waals surface area (Å²) in [4.78, 5) is 16.3. The minimum atomic E-state index is -0.0806. The van der Waals surface area contributed by atoms with Crippen LogP contribution in [0.15, 0.2) is 54.7 Å². The molecule has 0 amide bonds. The number of fused-ring (bicyclic) bond motifs is 2. The number of rotatable bonds is 2. The van der Waals surface area contributed by atoms with Crippen LogP contribution in [0.2, 0.25) is 0 Å². The summed E-state index contributed by atoms with van der Waals surface area (Å²) in [6.07, 6.45) is 2.40. The third-order valence-electron chi connectivity index (χ3n) is 4.42. The van der Waals surface area contributed by atoms with Gasteiger partial charge in [0.2, 0.25) is 5.95 Å². The van der Waals surface area contributed by atoms with Gasteiger partial charge in [-0.25, -0.2) is 15.0 Å². The number of aromatic nitrogens is 4. The molecule has 0 aliphatic carbocycles. The molecule has 5 rings (SSSR count). The summed E-state index contributed by atoms with van der Waals surface area (Å²) in [6, 6.07) is 15.9. The van der Waals surface area contributed by atoms with Crippen LogP contribution >= 0.6 is 0 Å². The molecule has 4 aromatic rings. The van der Waals surface area contributed by atoms with Crippen molar-refractivity contribution < 1.29 is 4.74 Å². The molecule has 0 saturated heterocycles. The molecule has 0 saturated carbocycles. The highest BCUT2D eigenvalue weighted by Crippen LogP contribution is 2.36. The van der Waals surface area contributed by atoms with Crippen LogP contribution in [0.3, 0.4) is 0 Å². The molecule has 0 fully saturated rings. The summed E-state index contributed by atoms with van der Waals surface area (Å²) in [7, 11) is 0. The van der Waals surface area contributed by atoms with Gasteiger partial charge in [-0.15, -0.1) is 0 Å². The number of nitrogens with two attached hydrogens (primary N) is 1. The van der Waals surface area contributed by atoms with Crippen molar-refractivity contribution in [2.24, 2.45) is 0 Å². The van der Waals surface area contributed by atoms with Crippen molar-refractivity contribution in [2.75, 3.05) is 5.73 Å². The SMILES string of the molecule is Nc1nccc(-c2ccc3nc(C4Cc5ccccc5O4)[nH]c3c2)n1. The third-order valence-corrected chi connectivity index (χ3v) is 4.42. The summed E-state index contributed by atoms with van der Waals surface area (Å²) in [5, 5.41) is 0. The highest BCUT2D eigenvalue weighted by molar-refractivity contribution is 5.81. The van der Waals surface area contributed by atoms with Crippen molar-refractivity contribution in [1.29, 1.82) is 0 Å². The van der Waals surface area contributed by atoms with Crippen molar-refractivity contribution in [2.45, 2.75) is 12.5 Å². The molecule has 2 aromatic heterocycles. The molecule has 3 heterocycles. The number of hydrogen-bond acceptors (Lipinski definition) is 5. The van der Waals surface area contributed by atoms with Gasteiger partial charge in [0.25, 0.3) is 0 Å². The van der Waals surface area contributed by atoms with E-state index < -0.39 is 0 Å². The molecule has 0 spiro atoms. The summed E-state index contributed by atoms with van der Waals surface area (Å²) in [5.41, 5.74) is 10.5. The number of nitrogens with one attached hydrogen (secondary N) is 1. The first-order valence-corrected chi connectivity index (χ1v) is 8.09. The Kier molecular flexibility index (Phi) is 2.97. The first-order chi connectivity index (χ1) is 12.3. The number of imidazole rings is 1. The van der Waals surface area contributed by atoms with Gasteiger partial charge >= 0.3 is 0 Å². The molecule has 0 bridgehead atoms. The molecule has 6 nitrogen and oxygen atoms in total. The first kappa shape index (κ1) is 14.0. The lowest BCUT2D eigenvalue weighted by molar-refractivity contribution is 0.229. The van der Waals surface area contributed by atoms with Gasteiger partial charge in [-0.3, -0.25) is 0 Å². The molecular weight excluding hydrogens is 314 g/mol. The van der Waals surface area contributed by atoms with Crippen molar-refractivity contribution >= 4 is 17.0 Å². The zero-order valence-corrected chi connectivity index (χ0v) is 13.3. The van der Waals surface area contributed by atoms with Crippen molar-refractivity contribution in [3.8, 4) is 17.0 Å². The minimum absolute atomic E-state index is 0.0806. The maximum Gasteiger partial charge on any atom is 0.220 e. The van der Waals surface area contributed by atoms with Crippen molar-refractivity contribution in [3.63, 3.8) is 0 Å². The van der Waals surface area contributed by atoms with Gasteiger partial charge in [0, 0.05) is 18.2 Å². The third kappa shape index (κ3) is 2.39. The molecule has 1 aliphatic heterocycles. The molecule has 1 unspecified atom stereocenters. The van der Waals surface area contributed by atoms with E-state index in [1.165, 1.54) is 5.56 Å². The number of benzene rings is 2. The van der Waals surface area contributed by atoms with E-state index in [0.717, 1.165) is 40.3 Å². The van der Waals surface area contributed by atoms with E-state index in [9.17, 15) is 0 Å². The summed E-state index contributed by atoms with van der Waals surface area (Å²) in [6.45, 7) is 0. The highest BCUT2D eigenvalue weighted by Gasteiger charge is 2.26. The van der Waals surface area contributed by atoms with Gasteiger partial charge in [-0.05, 0) is 29.8 Å². The molecule has 122 valence electrons. The smallest absolute Gasteiger partial charge is 0.220 e. The highest BCUT2D eigenvalue weighted by atomic mass is 16.5. The lowest BCUT2D eigenvalue weighted by atomic mass is 10.1. The van der Waals surface area contributed by atoms with E-state index in [0.29, 0.717) is 0 Å². The van der Waals surface area contributed by atoms with Gasteiger partial charge in [-0.2, -0.15) is 0 Å². The second kappa shape index (κ2) is 5.31. The van der Waals surface area contributed by atoms with E-state index in [1.807, 2.05) is 42.5 Å². The predicted molar refractivity (Wildman–Crippen MR) is 95.0 cm³/mol. The maximum absolute atomic E-state index is 6.02. The Balaban J connectivity index is 1.51. The molecule has 0 radical (unpaired) electrons. The van der Waals surface area contributed by atoms with Gasteiger partial charge in [0.1, 0.15) is 11.6 Å². The molecule has 6 heteroatoms. The van der Waals surface area contributed by atoms with Crippen LogP contribution in [0.25, 0.3) is 22.3 Å². The van der Waals surface area contributed by atoms with E-state index >= 15 is 0 Å². The Bertz CT molecular complexity index is 1060. The molecule has 3 N–H and O–H groups in total. The van der Waals surface area contributed by atoms with Gasteiger partial charge in [-0.1, -0.05) is 24.3 Å². The largest absolute Gasteiger partial charge is 0.482 e. The number of nitrogen functional groups attached to an aromatic ring is 1. The predicted octanol–water partition coefficient (Wildman–Crippen LogP) is 3.28. The van der Waals surface area contributed by atoms with Crippen molar-refractivity contribution in [1.82, 2.24) is 19.9 Å². The van der Waals surface area contributed by atoms with E-state index in [-0.39, 0.29) is 12.1 Å². The Morgan fingerprint density at radius 3 is 2.88 bits per heavy atom. The number of nitrogens with zero attached hydrogens (tertiary/aromatic N) is 3. The molecule has 25 heavy (non-hydrogen) atoms. The fraction of sp³-hybridized carbons (Fsp3) is 0.105. The fourth-order valence-electron chi connectivity index (χ4n) is 3.21. The normalized spacial score (nSPS) is 15.9. The summed E-state index contributed by atoms with van der Waals surface area (Å²) < 4.78 is 6.02. The number of anilines is 1. The Hall–Kier alpha value is -3.41. The van der Waals surface area contributed by atoms with Gasteiger partial charge in [0.05, 0.1) is 16.7 Å². The van der Waals surface area contributed by atoms with E-state index in [1.54, 1.807) is 6.20 Å². The lowest BCUT2D eigenvalue weighted by Crippen LogP contribution is -2.05. The average molecular weight is 329 g/mol. The minimum Gasteiger partial charge on any atom is -0.482 e. The van der Waals surface area contributed by atoms with Crippen LogP contribution in [0.1, 0.15) is 17.5 Å². The van der Waals surface area contributed by atoms with Crippen LogP contribution < -0.4 is 10.5 Å². The monoisotopic (exact) mass is 329 g/mol. The molecule has 2 aromatic carbocycles. The lowest BCUT2D eigenvalue weighted by Gasteiger charge is -2.06. The van der Waals surface area contributed by atoms with Crippen LogP contribution in [-0.4, -0.2) is 19.9 Å². The van der Waals surface area contributed by atoms with Gasteiger partial charge < -0.3 is 15.5 Å². The summed E-state index contributed by atoms with van der Waals surface area (Å²) >= 11 is 0. The first-order valence-electron chi connectivity index (χ1n) is 8.09. The molecular formula is C19H15N5O. The number of H-pyrrole nitrogens is 1. The Morgan fingerprint density at radius 1 is 1.08 bits per heavy atom. The summed E-state index contributed by atoms with van der Waals surface area (Å²) in [5.74, 6) is 2.04. The molecule has 1 aliphatic rings. The number of aromatic amines is 1. The second-order valence-electron chi connectivity index (χ2n) is 6.07. The van der Waals surface area contributed by atoms with Crippen LogP contribution in [0, 0.1) is 0 Å². The number of hydrogen-bond donors (Lipinski definition) is 2. The Morgan fingerprint density at radius 2 is 2.00 bits per heavy atom. The van der Waals surface area contributed by atoms with Crippen LogP contribution in [0.4, 0.5) is 5.95 Å². The van der Waals surface area contributed by atoms with E-state index in [4.69, 9.17) is 15.5 Å². The molecule has 1 atom stereocenters. The van der Waals surface area contributed by atoms with Crippen LogP contribution in [-0.2, 0) is 6.42 Å². The standard InChI is InChI=1S/C19H15N5O/c20-19-21-8-7-13(24-19)11-5-6-14-15(9-11)23-18(22-14)17-10-12-3-1-2-4-16(12)25-17/h1-9,17H,10H2,(H,22,23)(H2,20,21,24). The number of ether oxygens (including phenoxy) is 1. The zero-order valence-electron chi connectivity index (χ0n) is 13.3. The van der Waals surface area contributed by atoms with Gasteiger partial charge in [0.15, 0.2) is 6.10 Å². The average Bonchev–Trinajstić information content (AvgIpc) is 3.24. The maximum atomic E-state index is 6.02. The quantitative estimate of drug-likeness (QED) is 0.589. The second-order valence-corrected chi connectivity index (χ2v) is 6.07. The fourth-order valence-corrected chi connectivity index (χ4v) is 3.21. The van der Waals surface area contributed by atoms with Crippen molar-refractivity contribution in [3.05, 3.63) is 66.1 Å². The zero-order chi connectivity index (χ0) is 16.8. The number of para-hydroxylation sites is 1.